The Labute approximate surface area is 170 Å². The summed E-state index contributed by atoms with van der Waals surface area (Å²) in [5.74, 6) is -3.99. The lowest BCUT2D eigenvalue weighted by Gasteiger charge is -2.04. The largest absolute Gasteiger partial charge is 0.476 e. The molecule has 2 aromatic rings. The monoisotopic (exact) mass is 420 g/mol. The highest BCUT2D eigenvalue weighted by molar-refractivity contribution is 6.00. The van der Waals surface area contributed by atoms with Crippen LogP contribution in [0.5, 0.6) is 0 Å². The molecular formula is C18H20N4O8. The number of aromatic carboxylic acids is 2. The van der Waals surface area contributed by atoms with Gasteiger partial charge in [-0.3, -0.25) is 0 Å². The summed E-state index contributed by atoms with van der Waals surface area (Å²) in [6, 6.07) is 0. The van der Waals surface area contributed by atoms with E-state index in [0.29, 0.717) is 6.54 Å². The third kappa shape index (κ3) is 5.41. The number of hydrogen-bond donors (Lipinski definition) is 2. The zero-order valence-electron chi connectivity index (χ0n) is 16.3. The number of esters is 2. The SMILES string of the molecule is C=CCn1cnc(C(=O)O)c1C(=O)O.C=CCn1cnc(C(=O)OC)c1C(=O)OC. The molecule has 2 heterocycles. The predicted molar refractivity (Wildman–Crippen MR) is 101 cm³/mol. The molecule has 0 atom stereocenters. The van der Waals surface area contributed by atoms with Crippen molar-refractivity contribution >= 4 is 23.9 Å². The highest BCUT2D eigenvalue weighted by Gasteiger charge is 2.24. The summed E-state index contributed by atoms with van der Waals surface area (Å²) in [5, 5.41) is 17.4. The van der Waals surface area contributed by atoms with Crippen molar-refractivity contribution in [1.82, 2.24) is 19.1 Å². The molecule has 0 unspecified atom stereocenters. The van der Waals surface area contributed by atoms with Crippen LogP contribution in [0.2, 0.25) is 0 Å². The summed E-state index contributed by atoms with van der Waals surface area (Å²) in [4.78, 5) is 51.4. The third-order valence-corrected chi connectivity index (χ3v) is 3.49. The van der Waals surface area contributed by atoms with Gasteiger partial charge in [-0.2, -0.15) is 0 Å². The summed E-state index contributed by atoms with van der Waals surface area (Å²) in [6.07, 6.45) is 5.56. The van der Waals surface area contributed by atoms with Crippen LogP contribution in [0.4, 0.5) is 0 Å². The molecule has 2 rings (SSSR count). The summed E-state index contributed by atoms with van der Waals surface area (Å²) in [7, 11) is 2.45. The van der Waals surface area contributed by atoms with Gasteiger partial charge in [0, 0.05) is 13.1 Å². The molecule has 0 fully saturated rings. The van der Waals surface area contributed by atoms with E-state index in [0.717, 1.165) is 6.33 Å². The molecule has 0 saturated carbocycles. The summed E-state index contributed by atoms with van der Waals surface area (Å²) in [5.41, 5.74) is -0.790. The van der Waals surface area contributed by atoms with E-state index in [9.17, 15) is 19.2 Å². The number of carbonyl (C=O) groups excluding carboxylic acids is 2. The molecule has 0 aromatic carbocycles. The fourth-order valence-corrected chi connectivity index (χ4v) is 2.26. The lowest BCUT2D eigenvalue weighted by Crippen LogP contribution is -2.15. The van der Waals surface area contributed by atoms with Gasteiger partial charge in [0.15, 0.2) is 22.8 Å². The van der Waals surface area contributed by atoms with Crippen LogP contribution in [0.15, 0.2) is 38.0 Å². The van der Waals surface area contributed by atoms with Crippen LogP contribution in [0.25, 0.3) is 0 Å². The van der Waals surface area contributed by atoms with Crippen LogP contribution in [-0.2, 0) is 22.6 Å². The Hall–Kier alpha value is -4.22. The molecule has 0 saturated heterocycles. The molecule has 0 aliphatic rings. The van der Waals surface area contributed by atoms with E-state index in [1.807, 2.05) is 0 Å². The van der Waals surface area contributed by atoms with Gasteiger partial charge in [0.05, 0.1) is 26.9 Å². The van der Waals surface area contributed by atoms with Gasteiger partial charge in [0.2, 0.25) is 0 Å². The first-order chi connectivity index (χ1) is 14.2. The van der Waals surface area contributed by atoms with E-state index in [2.05, 4.69) is 32.6 Å². The van der Waals surface area contributed by atoms with Crippen molar-refractivity contribution in [2.24, 2.45) is 0 Å². The van der Waals surface area contributed by atoms with Crippen LogP contribution < -0.4 is 0 Å². The molecule has 0 radical (unpaired) electrons. The zero-order valence-corrected chi connectivity index (χ0v) is 16.3. The van der Waals surface area contributed by atoms with Crippen LogP contribution in [-0.4, -0.2) is 67.4 Å². The molecule has 30 heavy (non-hydrogen) atoms. The average Bonchev–Trinajstić information content (AvgIpc) is 3.32. The second-order valence-electron chi connectivity index (χ2n) is 5.36. The normalized spacial score (nSPS) is 9.67. The van der Waals surface area contributed by atoms with E-state index in [4.69, 9.17) is 10.2 Å². The highest BCUT2D eigenvalue weighted by Crippen LogP contribution is 2.11. The Balaban J connectivity index is 0.000000303. The number of carbonyl (C=O) groups is 4. The molecule has 2 aromatic heterocycles. The first-order valence-electron chi connectivity index (χ1n) is 8.18. The van der Waals surface area contributed by atoms with Crippen molar-refractivity contribution < 1.29 is 38.9 Å². The fourth-order valence-electron chi connectivity index (χ4n) is 2.26. The van der Waals surface area contributed by atoms with Crippen molar-refractivity contribution in [2.45, 2.75) is 13.1 Å². The van der Waals surface area contributed by atoms with Gasteiger partial charge in [-0.25, -0.2) is 29.1 Å². The molecule has 0 aliphatic carbocycles. The Morgan fingerprint density at radius 1 is 0.867 bits per heavy atom. The Morgan fingerprint density at radius 2 is 1.33 bits per heavy atom. The molecule has 12 heteroatoms. The minimum Gasteiger partial charge on any atom is -0.476 e. The van der Waals surface area contributed by atoms with E-state index >= 15 is 0 Å². The van der Waals surface area contributed by atoms with Crippen molar-refractivity contribution in [2.75, 3.05) is 14.2 Å². The number of hydrogen-bond acceptors (Lipinski definition) is 8. The quantitative estimate of drug-likeness (QED) is 0.467. The molecule has 2 N–H and O–H groups in total. The first-order valence-corrected chi connectivity index (χ1v) is 8.18. The smallest absolute Gasteiger partial charge is 0.359 e. The molecule has 0 aliphatic heterocycles. The first kappa shape index (κ1) is 23.8. The number of ether oxygens (including phenoxy) is 2. The van der Waals surface area contributed by atoms with Crippen LogP contribution in [0.1, 0.15) is 42.0 Å². The number of rotatable bonds is 8. The summed E-state index contributed by atoms with van der Waals surface area (Å²) in [6.45, 7) is 7.53. The minimum atomic E-state index is -1.36. The second kappa shape index (κ2) is 10.9. The maximum absolute atomic E-state index is 11.5. The van der Waals surface area contributed by atoms with Gasteiger partial charge in [0.25, 0.3) is 0 Å². The standard InChI is InChI=1S/C10H12N2O4.C8H8N2O4/c1-4-5-12-6-11-7(9(13)15-2)8(12)10(14)16-3;1-2-3-10-4-9-5(7(11)12)6(10)8(13)14/h4,6H,1,5H2,2-3H3;2,4H,1,3H2,(H,11,12)(H,13,14). The molecule has 12 nitrogen and oxygen atoms in total. The number of imidazole rings is 2. The molecule has 0 bridgehead atoms. The van der Waals surface area contributed by atoms with Gasteiger partial charge in [-0.15, -0.1) is 13.2 Å². The van der Waals surface area contributed by atoms with Crippen LogP contribution in [0.3, 0.4) is 0 Å². The Kier molecular flexibility index (Phi) is 8.69. The van der Waals surface area contributed by atoms with Gasteiger partial charge >= 0.3 is 23.9 Å². The van der Waals surface area contributed by atoms with Crippen molar-refractivity contribution in [3.05, 3.63) is 60.7 Å². The fraction of sp³-hybridized carbons (Fsp3) is 0.222. The number of carboxylic acids is 2. The van der Waals surface area contributed by atoms with E-state index in [1.54, 1.807) is 6.08 Å². The van der Waals surface area contributed by atoms with Crippen LogP contribution >= 0.6 is 0 Å². The van der Waals surface area contributed by atoms with Gasteiger partial charge in [-0.05, 0) is 0 Å². The third-order valence-electron chi connectivity index (χ3n) is 3.49. The molecule has 160 valence electrons. The molecular weight excluding hydrogens is 400 g/mol. The molecule has 0 amide bonds. The number of methoxy groups -OCH3 is 2. The topological polar surface area (TPSA) is 163 Å². The minimum absolute atomic E-state index is 0.0591. The molecule has 0 spiro atoms. The lowest BCUT2D eigenvalue weighted by atomic mass is 10.3. The van der Waals surface area contributed by atoms with Crippen LogP contribution in [0, 0.1) is 0 Å². The zero-order chi connectivity index (χ0) is 22.8. The number of aromatic nitrogens is 4. The average molecular weight is 420 g/mol. The maximum atomic E-state index is 11.5. The van der Waals surface area contributed by atoms with E-state index in [-0.39, 0.29) is 23.6 Å². The predicted octanol–water partition coefficient (Wildman–Crippen LogP) is 1.11. The number of nitrogens with zero attached hydrogens (tertiary/aromatic N) is 4. The van der Waals surface area contributed by atoms with Crippen molar-refractivity contribution in [3.63, 3.8) is 0 Å². The van der Waals surface area contributed by atoms with E-state index < -0.39 is 29.6 Å². The van der Waals surface area contributed by atoms with Crippen molar-refractivity contribution in [3.8, 4) is 0 Å². The van der Waals surface area contributed by atoms with Gasteiger partial charge < -0.3 is 28.8 Å². The lowest BCUT2D eigenvalue weighted by molar-refractivity contribution is 0.0544. The van der Waals surface area contributed by atoms with Gasteiger partial charge in [0.1, 0.15) is 0 Å². The number of allylic oxidation sites excluding steroid dienone is 2. The Morgan fingerprint density at radius 3 is 1.73 bits per heavy atom. The summed E-state index contributed by atoms with van der Waals surface area (Å²) < 4.78 is 11.8. The summed E-state index contributed by atoms with van der Waals surface area (Å²) >= 11 is 0. The highest BCUT2D eigenvalue weighted by atomic mass is 16.5. The maximum Gasteiger partial charge on any atom is 0.359 e. The van der Waals surface area contributed by atoms with E-state index in [1.165, 1.54) is 35.8 Å². The Bertz CT molecular complexity index is 973. The second-order valence-corrected chi connectivity index (χ2v) is 5.36. The number of carboxylic acid groups (broad SMARTS) is 2. The van der Waals surface area contributed by atoms with Gasteiger partial charge in [-0.1, -0.05) is 12.2 Å². The van der Waals surface area contributed by atoms with Crippen molar-refractivity contribution in [1.29, 1.82) is 0 Å².